The molecule has 3 rings (SSSR count). The fraction of sp³-hybridized carbons (Fsp3) is 0. The number of H-pyrrole nitrogens is 1. The average molecular weight is 192 g/mol. The van der Waals surface area contributed by atoms with Crippen molar-refractivity contribution in [1.29, 1.82) is 0 Å². The minimum atomic E-state index is 1.13. The molecule has 1 aromatic heterocycles. The quantitative estimate of drug-likeness (QED) is 0.606. The smallest absolute Gasteiger partial charge is 0.0630 e. The van der Waals surface area contributed by atoms with Gasteiger partial charge in [-0.2, -0.15) is 0 Å². The van der Waals surface area contributed by atoms with Gasteiger partial charge in [-0.05, 0) is 29.3 Å². The summed E-state index contributed by atoms with van der Waals surface area (Å²) in [6.45, 7) is 0. The van der Waals surface area contributed by atoms with Gasteiger partial charge < -0.3 is 4.98 Å². The molecular weight excluding hydrogens is 182 g/mol. The summed E-state index contributed by atoms with van der Waals surface area (Å²) >= 11 is 0. The van der Waals surface area contributed by atoms with Gasteiger partial charge >= 0.3 is 0 Å². The molecule has 0 spiro atoms. The zero-order valence-corrected chi connectivity index (χ0v) is 8.20. The third-order valence-electron chi connectivity index (χ3n) is 2.59. The summed E-state index contributed by atoms with van der Waals surface area (Å²) < 4.78 is 0. The molecule has 0 saturated carbocycles. The fourth-order valence-corrected chi connectivity index (χ4v) is 1.80. The Bertz CT molecular complexity index is 578. The standard InChI is InChI=1S/C14H10N/c1-2-4-11(5-3-1)12-6-7-14-13(10-12)8-9-15-14/h1-8,10,15H. The van der Waals surface area contributed by atoms with Gasteiger partial charge in [-0.3, -0.25) is 0 Å². The highest BCUT2D eigenvalue weighted by Crippen LogP contribution is 2.23. The molecule has 71 valence electrons. The molecule has 0 aliphatic rings. The zero-order valence-electron chi connectivity index (χ0n) is 8.20. The fourth-order valence-electron chi connectivity index (χ4n) is 1.80. The molecule has 0 aliphatic carbocycles. The molecule has 2 aromatic carbocycles. The van der Waals surface area contributed by atoms with Gasteiger partial charge in [-0.25, -0.2) is 0 Å². The number of aromatic amines is 1. The number of nitrogens with one attached hydrogen (secondary N) is 1. The van der Waals surface area contributed by atoms with Crippen LogP contribution in [0.4, 0.5) is 0 Å². The largest absolute Gasteiger partial charge is 0.353 e. The van der Waals surface area contributed by atoms with E-state index in [1.165, 1.54) is 16.5 Å². The van der Waals surface area contributed by atoms with Crippen LogP contribution in [0.25, 0.3) is 22.0 Å². The maximum absolute atomic E-state index is 3.07. The molecule has 0 unspecified atom stereocenters. The molecule has 0 fully saturated rings. The van der Waals surface area contributed by atoms with Crippen molar-refractivity contribution in [3.63, 3.8) is 0 Å². The lowest BCUT2D eigenvalue weighted by atomic mass is 10.0. The second-order valence-corrected chi connectivity index (χ2v) is 3.58. The van der Waals surface area contributed by atoms with Crippen LogP contribution >= 0.6 is 0 Å². The highest BCUT2D eigenvalue weighted by molar-refractivity contribution is 5.84. The van der Waals surface area contributed by atoms with Gasteiger partial charge in [-0.1, -0.05) is 36.4 Å². The summed E-state index contributed by atoms with van der Waals surface area (Å²) in [4.78, 5) is 3.07. The van der Waals surface area contributed by atoms with E-state index in [4.69, 9.17) is 0 Å². The lowest BCUT2D eigenvalue weighted by Gasteiger charge is -2.00. The maximum atomic E-state index is 3.07. The van der Waals surface area contributed by atoms with Crippen LogP contribution in [0.3, 0.4) is 0 Å². The van der Waals surface area contributed by atoms with E-state index < -0.39 is 0 Å². The summed E-state index contributed by atoms with van der Waals surface area (Å²) in [6, 6.07) is 18.8. The molecule has 1 heterocycles. The molecule has 3 aromatic rings. The second kappa shape index (κ2) is 3.28. The second-order valence-electron chi connectivity index (χ2n) is 3.58. The van der Waals surface area contributed by atoms with E-state index in [9.17, 15) is 0 Å². The van der Waals surface area contributed by atoms with Gasteiger partial charge in [0.1, 0.15) is 0 Å². The molecule has 1 nitrogen and oxygen atoms in total. The van der Waals surface area contributed by atoms with E-state index in [2.05, 4.69) is 53.6 Å². The van der Waals surface area contributed by atoms with Crippen molar-refractivity contribution in [2.45, 2.75) is 0 Å². The van der Waals surface area contributed by atoms with E-state index in [0.717, 1.165) is 5.52 Å². The third-order valence-corrected chi connectivity index (χ3v) is 2.59. The number of hydrogen-bond acceptors (Lipinski definition) is 0. The molecule has 0 amide bonds. The van der Waals surface area contributed by atoms with Crippen LogP contribution in [0, 0.1) is 6.20 Å². The molecule has 15 heavy (non-hydrogen) atoms. The molecule has 0 aliphatic heterocycles. The molecular formula is C14H10N. The highest BCUT2D eigenvalue weighted by atomic mass is 14.7. The average Bonchev–Trinajstić information content (AvgIpc) is 2.77. The molecule has 1 heteroatoms. The van der Waals surface area contributed by atoms with Crippen LogP contribution in [-0.2, 0) is 0 Å². The van der Waals surface area contributed by atoms with Crippen molar-refractivity contribution in [1.82, 2.24) is 4.98 Å². The van der Waals surface area contributed by atoms with Crippen molar-refractivity contribution in [3.8, 4) is 11.1 Å². The number of benzene rings is 2. The Balaban J connectivity index is 2.19. The van der Waals surface area contributed by atoms with Crippen molar-refractivity contribution in [3.05, 3.63) is 60.8 Å². The lowest BCUT2D eigenvalue weighted by Crippen LogP contribution is -1.76. The Labute approximate surface area is 88.4 Å². The molecule has 0 saturated heterocycles. The topological polar surface area (TPSA) is 15.8 Å². The van der Waals surface area contributed by atoms with E-state index in [1.54, 1.807) is 0 Å². The first kappa shape index (κ1) is 8.30. The van der Waals surface area contributed by atoms with Gasteiger partial charge in [0.2, 0.25) is 0 Å². The number of fused-ring (bicyclic) bond motifs is 1. The number of rotatable bonds is 1. The van der Waals surface area contributed by atoms with E-state index in [1.807, 2.05) is 12.1 Å². The minimum absolute atomic E-state index is 1.13. The van der Waals surface area contributed by atoms with Gasteiger partial charge in [0.15, 0.2) is 0 Å². The van der Waals surface area contributed by atoms with Crippen LogP contribution in [0.1, 0.15) is 0 Å². The zero-order chi connectivity index (χ0) is 10.1. The molecule has 0 atom stereocenters. The van der Waals surface area contributed by atoms with Crippen molar-refractivity contribution < 1.29 is 0 Å². The Morgan fingerprint density at radius 3 is 2.60 bits per heavy atom. The minimum Gasteiger partial charge on any atom is -0.353 e. The Morgan fingerprint density at radius 1 is 0.867 bits per heavy atom. The summed E-state index contributed by atoms with van der Waals surface area (Å²) in [5, 5.41) is 1.20. The van der Waals surface area contributed by atoms with Gasteiger partial charge in [0, 0.05) is 10.9 Å². The van der Waals surface area contributed by atoms with Crippen LogP contribution in [0.2, 0.25) is 0 Å². The van der Waals surface area contributed by atoms with Gasteiger partial charge in [0.05, 0.1) is 6.20 Å². The lowest BCUT2D eigenvalue weighted by molar-refractivity contribution is 1.46. The first-order valence-electron chi connectivity index (χ1n) is 4.98. The maximum Gasteiger partial charge on any atom is 0.0630 e. The molecule has 1 radical (unpaired) electrons. The van der Waals surface area contributed by atoms with E-state index >= 15 is 0 Å². The molecule has 1 N–H and O–H groups in total. The van der Waals surface area contributed by atoms with E-state index in [-0.39, 0.29) is 0 Å². The van der Waals surface area contributed by atoms with Gasteiger partial charge in [0.25, 0.3) is 0 Å². The summed E-state index contributed by atoms with van der Waals surface area (Å²) in [6.07, 6.45) is 2.99. The Kier molecular flexibility index (Phi) is 1.82. The number of aromatic nitrogens is 1. The van der Waals surface area contributed by atoms with Crippen molar-refractivity contribution in [2.75, 3.05) is 0 Å². The summed E-state index contributed by atoms with van der Waals surface area (Å²) in [7, 11) is 0. The Morgan fingerprint density at radius 2 is 1.73 bits per heavy atom. The first-order valence-corrected chi connectivity index (χ1v) is 4.98. The summed E-state index contributed by atoms with van der Waals surface area (Å²) in [5.41, 5.74) is 3.63. The van der Waals surface area contributed by atoms with Crippen molar-refractivity contribution in [2.24, 2.45) is 0 Å². The van der Waals surface area contributed by atoms with E-state index in [0.29, 0.717) is 0 Å². The SMILES string of the molecule is [c]1cc2cc(-c3ccccc3)ccc2[nH]1. The van der Waals surface area contributed by atoms with Crippen LogP contribution in [0.15, 0.2) is 54.6 Å². The van der Waals surface area contributed by atoms with Crippen LogP contribution in [0.5, 0.6) is 0 Å². The van der Waals surface area contributed by atoms with Crippen LogP contribution in [-0.4, -0.2) is 4.98 Å². The van der Waals surface area contributed by atoms with Gasteiger partial charge in [-0.15, -0.1) is 0 Å². The predicted octanol–water partition coefficient (Wildman–Crippen LogP) is 3.64. The monoisotopic (exact) mass is 192 g/mol. The third kappa shape index (κ3) is 1.42. The van der Waals surface area contributed by atoms with Crippen molar-refractivity contribution >= 4 is 10.9 Å². The first-order chi connectivity index (χ1) is 7.43. The highest BCUT2D eigenvalue weighted by Gasteiger charge is 1.98. The number of hydrogen-bond donors (Lipinski definition) is 1. The van der Waals surface area contributed by atoms with Crippen LogP contribution < -0.4 is 0 Å². The molecule has 0 bridgehead atoms. The Hall–Kier alpha value is -2.02. The normalized spacial score (nSPS) is 10.7. The predicted molar refractivity (Wildman–Crippen MR) is 62.6 cm³/mol. The summed E-state index contributed by atoms with van der Waals surface area (Å²) in [5.74, 6) is 0.